The second kappa shape index (κ2) is 7.72. The maximum absolute atomic E-state index is 12.6. The molecule has 1 unspecified atom stereocenters. The van der Waals surface area contributed by atoms with E-state index >= 15 is 0 Å². The van der Waals surface area contributed by atoms with E-state index in [1.54, 1.807) is 6.07 Å². The molecule has 7 heteroatoms. The van der Waals surface area contributed by atoms with E-state index in [1.165, 1.54) is 5.01 Å². The van der Waals surface area contributed by atoms with Crippen LogP contribution >= 0.6 is 0 Å². The summed E-state index contributed by atoms with van der Waals surface area (Å²) in [6.07, 6.45) is 0.284. The van der Waals surface area contributed by atoms with Gasteiger partial charge in [-0.2, -0.15) is 5.10 Å². The zero-order valence-corrected chi connectivity index (χ0v) is 15.6. The minimum atomic E-state index is -0.299. The van der Waals surface area contributed by atoms with Crippen molar-refractivity contribution in [2.24, 2.45) is 5.10 Å². The van der Waals surface area contributed by atoms with Gasteiger partial charge in [-0.05, 0) is 36.8 Å². The number of para-hydroxylation sites is 2. The molecule has 28 heavy (non-hydrogen) atoms. The Hall–Kier alpha value is -3.35. The normalized spacial score (nSPS) is 18.5. The molecule has 0 aromatic heterocycles. The number of hydrogen-bond donors (Lipinski definition) is 1. The second-order valence-electron chi connectivity index (χ2n) is 6.80. The Bertz CT molecular complexity index is 941. The highest BCUT2D eigenvalue weighted by Crippen LogP contribution is 2.30. The fourth-order valence-electron chi connectivity index (χ4n) is 3.15. The van der Waals surface area contributed by atoms with Gasteiger partial charge in [0.05, 0.1) is 12.2 Å². The van der Waals surface area contributed by atoms with Crippen LogP contribution in [0.5, 0.6) is 11.5 Å². The number of hydrogen-bond acceptors (Lipinski definition) is 5. The summed E-state index contributed by atoms with van der Waals surface area (Å²) in [7, 11) is 0. The lowest BCUT2D eigenvalue weighted by Crippen LogP contribution is -2.44. The van der Waals surface area contributed by atoms with Gasteiger partial charge in [-0.25, -0.2) is 5.01 Å². The van der Waals surface area contributed by atoms with Crippen LogP contribution in [0.1, 0.15) is 18.4 Å². The molecule has 2 aliphatic rings. The standard InChI is InChI=1S/C21H21N3O4/c1-14-5-4-6-15(11-14)24-20(25)10-9-17(23-24)21(26)22-12-16-13-27-18-7-2-3-8-19(18)28-16/h2-8,11,16H,9-10,12-13H2,1H3,(H,22,26). The number of nitrogens with zero attached hydrogens (tertiary/aromatic N) is 2. The van der Waals surface area contributed by atoms with Crippen molar-refractivity contribution < 1.29 is 19.1 Å². The van der Waals surface area contributed by atoms with Gasteiger partial charge in [-0.15, -0.1) is 0 Å². The molecule has 1 N–H and O–H groups in total. The highest BCUT2D eigenvalue weighted by molar-refractivity contribution is 6.40. The zero-order valence-electron chi connectivity index (χ0n) is 15.6. The van der Waals surface area contributed by atoms with Crippen molar-refractivity contribution in [2.45, 2.75) is 25.9 Å². The molecule has 0 bridgehead atoms. The number of nitrogens with one attached hydrogen (secondary N) is 1. The van der Waals surface area contributed by atoms with Crippen LogP contribution in [0.25, 0.3) is 0 Å². The van der Waals surface area contributed by atoms with Crippen LogP contribution in [0, 0.1) is 6.92 Å². The first-order chi connectivity index (χ1) is 13.6. The predicted molar refractivity (Wildman–Crippen MR) is 105 cm³/mol. The molecule has 7 nitrogen and oxygen atoms in total. The topological polar surface area (TPSA) is 80.2 Å². The predicted octanol–water partition coefficient (Wildman–Crippen LogP) is 2.43. The van der Waals surface area contributed by atoms with Crippen LogP contribution in [0.3, 0.4) is 0 Å². The number of fused-ring (bicyclic) bond motifs is 1. The average molecular weight is 379 g/mol. The Morgan fingerprint density at radius 2 is 2.00 bits per heavy atom. The summed E-state index contributed by atoms with van der Waals surface area (Å²) < 4.78 is 11.5. The van der Waals surface area contributed by atoms with E-state index in [1.807, 2.05) is 49.4 Å². The van der Waals surface area contributed by atoms with Crippen molar-refractivity contribution >= 4 is 23.2 Å². The van der Waals surface area contributed by atoms with E-state index < -0.39 is 0 Å². The van der Waals surface area contributed by atoms with Gasteiger partial charge in [0.1, 0.15) is 18.4 Å². The van der Waals surface area contributed by atoms with Gasteiger partial charge in [-0.1, -0.05) is 24.3 Å². The van der Waals surface area contributed by atoms with Gasteiger partial charge < -0.3 is 14.8 Å². The number of hydrazone groups is 1. The van der Waals surface area contributed by atoms with Crippen molar-refractivity contribution in [2.75, 3.05) is 18.2 Å². The Morgan fingerprint density at radius 3 is 2.82 bits per heavy atom. The highest BCUT2D eigenvalue weighted by atomic mass is 16.6. The lowest BCUT2D eigenvalue weighted by atomic mass is 10.1. The molecule has 1 atom stereocenters. The Labute approximate surface area is 162 Å². The summed E-state index contributed by atoms with van der Waals surface area (Å²) >= 11 is 0. The first-order valence-electron chi connectivity index (χ1n) is 9.24. The maximum atomic E-state index is 12.6. The van der Waals surface area contributed by atoms with Gasteiger partial charge in [0.15, 0.2) is 11.5 Å². The van der Waals surface area contributed by atoms with E-state index in [0.717, 1.165) is 5.56 Å². The molecule has 4 rings (SSSR count). The number of aryl methyl sites for hydroxylation is 1. The van der Waals surface area contributed by atoms with Gasteiger partial charge in [0.2, 0.25) is 5.91 Å². The van der Waals surface area contributed by atoms with Crippen LogP contribution in [-0.2, 0) is 9.59 Å². The van der Waals surface area contributed by atoms with Crippen molar-refractivity contribution in [3.63, 3.8) is 0 Å². The number of carbonyl (C=O) groups is 2. The third-order valence-electron chi connectivity index (χ3n) is 4.60. The van der Waals surface area contributed by atoms with Crippen molar-refractivity contribution in [3.05, 3.63) is 54.1 Å². The number of benzene rings is 2. The zero-order chi connectivity index (χ0) is 19.5. The van der Waals surface area contributed by atoms with E-state index in [-0.39, 0.29) is 24.3 Å². The molecule has 144 valence electrons. The number of amides is 2. The molecule has 2 amide bonds. The number of anilines is 1. The van der Waals surface area contributed by atoms with E-state index in [0.29, 0.717) is 42.5 Å². The second-order valence-corrected chi connectivity index (χ2v) is 6.80. The summed E-state index contributed by atoms with van der Waals surface area (Å²) in [5, 5.41) is 8.44. The monoisotopic (exact) mass is 379 g/mol. The van der Waals surface area contributed by atoms with Gasteiger partial charge in [0, 0.05) is 12.8 Å². The number of rotatable bonds is 4. The molecule has 0 spiro atoms. The third-order valence-corrected chi connectivity index (χ3v) is 4.60. The Morgan fingerprint density at radius 1 is 1.18 bits per heavy atom. The summed E-state index contributed by atoms with van der Waals surface area (Å²) in [5.41, 5.74) is 2.01. The molecule has 0 radical (unpaired) electrons. The highest BCUT2D eigenvalue weighted by Gasteiger charge is 2.27. The fraction of sp³-hybridized carbons (Fsp3) is 0.286. The Balaban J connectivity index is 1.40. The van der Waals surface area contributed by atoms with Crippen molar-refractivity contribution in [1.29, 1.82) is 0 Å². The van der Waals surface area contributed by atoms with E-state index in [4.69, 9.17) is 9.47 Å². The first kappa shape index (κ1) is 18.0. The maximum Gasteiger partial charge on any atom is 0.267 e. The van der Waals surface area contributed by atoms with Gasteiger partial charge in [0.25, 0.3) is 5.91 Å². The fourth-order valence-corrected chi connectivity index (χ4v) is 3.15. The summed E-state index contributed by atoms with van der Waals surface area (Å²) in [6, 6.07) is 14.9. The minimum Gasteiger partial charge on any atom is -0.486 e. The quantitative estimate of drug-likeness (QED) is 0.885. The van der Waals surface area contributed by atoms with Gasteiger partial charge >= 0.3 is 0 Å². The molecule has 2 heterocycles. The minimum absolute atomic E-state index is 0.122. The number of carbonyl (C=O) groups excluding carboxylic acids is 2. The van der Waals surface area contributed by atoms with Crippen LogP contribution in [-0.4, -0.2) is 36.8 Å². The molecule has 2 aromatic rings. The summed E-state index contributed by atoms with van der Waals surface area (Å²) in [6.45, 7) is 2.60. The van der Waals surface area contributed by atoms with Crippen LogP contribution in [0.4, 0.5) is 5.69 Å². The van der Waals surface area contributed by atoms with Crippen LogP contribution in [0.15, 0.2) is 53.6 Å². The van der Waals surface area contributed by atoms with Gasteiger partial charge in [-0.3, -0.25) is 9.59 Å². The average Bonchev–Trinajstić information content (AvgIpc) is 2.72. The van der Waals surface area contributed by atoms with E-state index in [2.05, 4.69) is 10.4 Å². The van der Waals surface area contributed by atoms with E-state index in [9.17, 15) is 9.59 Å². The van der Waals surface area contributed by atoms with Crippen LogP contribution in [0.2, 0.25) is 0 Å². The SMILES string of the molecule is Cc1cccc(N2N=C(C(=O)NCC3COc4ccccc4O3)CCC2=O)c1. The lowest BCUT2D eigenvalue weighted by Gasteiger charge is -2.27. The molecule has 0 saturated heterocycles. The third kappa shape index (κ3) is 3.83. The molecule has 0 fully saturated rings. The molecule has 0 aliphatic carbocycles. The smallest absolute Gasteiger partial charge is 0.267 e. The largest absolute Gasteiger partial charge is 0.486 e. The van der Waals surface area contributed by atoms with Crippen molar-refractivity contribution in [3.8, 4) is 11.5 Å². The van der Waals surface area contributed by atoms with Crippen molar-refractivity contribution in [1.82, 2.24) is 5.32 Å². The summed E-state index contributed by atoms with van der Waals surface area (Å²) in [4.78, 5) is 24.8. The first-order valence-corrected chi connectivity index (χ1v) is 9.24. The van der Waals surface area contributed by atoms with Crippen LogP contribution < -0.4 is 19.8 Å². The lowest BCUT2D eigenvalue weighted by molar-refractivity contribution is -0.119. The summed E-state index contributed by atoms with van der Waals surface area (Å²) in [5.74, 6) is 0.948. The molecule has 0 saturated carbocycles. The molecular weight excluding hydrogens is 358 g/mol. The Kier molecular flexibility index (Phi) is 4.97. The molecule has 2 aromatic carbocycles. The molecule has 2 aliphatic heterocycles. The number of ether oxygens (including phenoxy) is 2. The molecular formula is C21H21N3O4.